The quantitative estimate of drug-likeness (QED) is 0.836. The maximum absolute atomic E-state index is 12.3. The molecule has 1 N–H and O–H groups in total. The van der Waals surface area contributed by atoms with Gasteiger partial charge in [-0.1, -0.05) is 18.2 Å². The maximum atomic E-state index is 12.3. The molecule has 0 radical (unpaired) electrons. The van der Waals surface area contributed by atoms with Crippen LogP contribution in [0.4, 0.5) is 11.4 Å². The van der Waals surface area contributed by atoms with Crippen LogP contribution in [0.2, 0.25) is 0 Å². The van der Waals surface area contributed by atoms with Crippen molar-refractivity contribution < 1.29 is 19.1 Å². The first-order valence-corrected chi connectivity index (χ1v) is 8.63. The van der Waals surface area contributed by atoms with E-state index in [4.69, 9.17) is 9.47 Å². The number of amides is 1. The SMILES string of the molecule is CC(OC(=O)c1ccccc1)C(=O)Nc1ccc(N2CCOCC2)cc1. The van der Waals surface area contributed by atoms with Crippen LogP contribution in [0.15, 0.2) is 54.6 Å². The number of anilines is 2. The van der Waals surface area contributed by atoms with Gasteiger partial charge in [0.15, 0.2) is 6.10 Å². The van der Waals surface area contributed by atoms with Gasteiger partial charge in [-0.15, -0.1) is 0 Å². The van der Waals surface area contributed by atoms with Crippen molar-refractivity contribution in [3.8, 4) is 0 Å². The number of benzene rings is 2. The van der Waals surface area contributed by atoms with Gasteiger partial charge in [0.2, 0.25) is 0 Å². The Hall–Kier alpha value is -2.86. The molecule has 3 rings (SSSR count). The Labute approximate surface area is 152 Å². The van der Waals surface area contributed by atoms with Crippen molar-refractivity contribution in [1.29, 1.82) is 0 Å². The highest BCUT2D eigenvalue weighted by Crippen LogP contribution is 2.19. The summed E-state index contributed by atoms with van der Waals surface area (Å²) in [6.07, 6.45) is -0.887. The zero-order valence-corrected chi connectivity index (χ0v) is 14.7. The highest BCUT2D eigenvalue weighted by Gasteiger charge is 2.19. The second-order valence-corrected chi connectivity index (χ2v) is 6.05. The van der Waals surface area contributed by atoms with Gasteiger partial charge >= 0.3 is 5.97 Å². The highest BCUT2D eigenvalue weighted by molar-refractivity contribution is 5.97. The number of hydrogen-bond donors (Lipinski definition) is 1. The average molecular weight is 354 g/mol. The molecule has 6 nitrogen and oxygen atoms in total. The smallest absolute Gasteiger partial charge is 0.338 e. The number of ether oxygens (including phenoxy) is 2. The molecule has 1 saturated heterocycles. The molecule has 2 aromatic rings. The largest absolute Gasteiger partial charge is 0.449 e. The van der Waals surface area contributed by atoms with E-state index in [1.165, 1.54) is 0 Å². The van der Waals surface area contributed by atoms with Crippen molar-refractivity contribution in [2.24, 2.45) is 0 Å². The zero-order chi connectivity index (χ0) is 18.4. The van der Waals surface area contributed by atoms with Crippen LogP contribution in [0.3, 0.4) is 0 Å². The van der Waals surface area contributed by atoms with Gasteiger partial charge in [0.25, 0.3) is 5.91 Å². The van der Waals surface area contributed by atoms with E-state index in [0.29, 0.717) is 11.3 Å². The number of hydrogen-bond acceptors (Lipinski definition) is 5. The molecule has 6 heteroatoms. The van der Waals surface area contributed by atoms with Gasteiger partial charge in [0.1, 0.15) is 0 Å². The molecule has 2 aromatic carbocycles. The van der Waals surface area contributed by atoms with Gasteiger partial charge in [-0.2, -0.15) is 0 Å². The van der Waals surface area contributed by atoms with Crippen molar-refractivity contribution in [1.82, 2.24) is 0 Å². The minimum Gasteiger partial charge on any atom is -0.449 e. The third-order valence-corrected chi connectivity index (χ3v) is 4.17. The lowest BCUT2D eigenvalue weighted by Crippen LogP contribution is -2.36. The van der Waals surface area contributed by atoms with E-state index in [0.717, 1.165) is 32.0 Å². The first-order valence-electron chi connectivity index (χ1n) is 8.63. The Bertz CT molecular complexity index is 740. The fraction of sp³-hybridized carbons (Fsp3) is 0.300. The molecule has 1 atom stereocenters. The number of carbonyl (C=O) groups excluding carboxylic acids is 2. The topological polar surface area (TPSA) is 67.9 Å². The summed E-state index contributed by atoms with van der Waals surface area (Å²) in [5, 5.41) is 2.77. The Morgan fingerprint density at radius 3 is 2.35 bits per heavy atom. The molecule has 0 spiro atoms. The van der Waals surface area contributed by atoms with E-state index in [1.807, 2.05) is 30.3 Å². The molecule has 0 saturated carbocycles. The van der Waals surface area contributed by atoms with Gasteiger partial charge in [-0.3, -0.25) is 4.79 Å². The van der Waals surface area contributed by atoms with Crippen LogP contribution in [0.1, 0.15) is 17.3 Å². The van der Waals surface area contributed by atoms with Crippen LogP contribution in [0, 0.1) is 0 Å². The predicted octanol–water partition coefficient (Wildman–Crippen LogP) is 2.71. The standard InChI is InChI=1S/C20H22N2O4/c1-15(26-20(24)16-5-3-2-4-6-16)19(23)21-17-7-9-18(10-8-17)22-11-13-25-14-12-22/h2-10,15H,11-14H2,1H3,(H,21,23). The number of nitrogens with zero attached hydrogens (tertiary/aromatic N) is 1. The second-order valence-electron chi connectivity index (χ2n) is 6.05. The maximum Gasteiger partial charge on any atom is 0.338 e. The first kappa shape index (κ1) is 17.9. The third-order valence-electron chi connectivity index (χ3n) is 4.17. The number of rotatable bonds is 5. The zero-order valence-electron chi connectivity index (χ0n) is 14.7. The van der Waals surface area contributed by atoms with E-state index >= 15 is 0 Å². The molecule has 0 aliphatic carbocycles. The Morgan fingerprint density at radius 1 is 1.04 bits per heavy atom. The van der Waals surface area contributed by atoms with Crippen LogP contribution in [0.5, 0.6) is 0 Å². The van der Waals surface area contributed by atoms with Crippen molar-refractivity contribution in [2.45, 2.75) is 13.0 Å². The van der Waals surface area contributed by atoms with Gasteiger partial charge in [0.05, 0.1) is 18.8 Å². The van der Waals surface area contributed by atoms with E-state index in [9.17, 15) is 9.59 Å². The molecule has 26 heavy (non-hydrogen) atoms. The fourth-order valence-electron chi connectivity index (χ4n) is 2.68. The first-order chi connectivity index (χ1) is 12.6. The number of carbonyl (C=O) groups is 2. The number of esters is 1. The van der Waals surface area contributed by atoms with E-state index in [-0.39, 0.29) is 5.91 Å². The molecule has 1 fully saturated rings. The molecular formula is C20H22N2O4. The van der Waals surface area contributed by atoms with E-state index in [2.05, 4.69) is 10.2 Å². The van der Waals surface area contributed by atoms with Gasteiger partial charge < -0.3 is 19.7 Å². The second kappa shape index (κ2) is 8.49. The highest BCUT2D eigenvalue weighted by atomic mass is 16.5. The summed E-state index contributed by atoms with van der Waals surface area (Å²) < 4.78 is 10.6. The predicted molar refractivity (Wildman–Crippen MR) is 99.4 cm³/mol. The summed E-state index contributed by atoms with van der Waals surface area (Å²) in [7, 11) is 0. The molecule has 1 aliphatic rings. The molecule has 136 valence electrons. The van der Waals surface area contributed by atoms with Crippen molar-refractivity contribution in [2.75, 3.05) is 36.5 Å². The number of nitrogens with one attached hydrogen (secondary N) is 1. The lowest BCUT2D eigenvalue weighted by atomic mass is 10.2. The van der Waals surface area contributed by atoms with Crippen LogP contribution in [-0.4, -0.2) is 44.3 Å². The molecule has 1 heterocycles. The summed E-state index contributed by atoms with van der Waals surface area (Å²) in [5.41, 5.74) is 2.17. The Balaban J connectivity index is 1.54. The monoisotopic (exact) mass is 354 g/mol. The molecule has 1 aliphatic heterocycles. The third kappa shape index (κ3) is 4.61. The number of morpholine rings is 1. The summed E-state index contributed by atoms with van der Waals surface area (Å²) in [5.74, 6) is -0.885. The van der Waals surface area contributed by atoms with E-state index < -0.39 is 12.1 Å². The van der Waals surface area contributed by atoms with Crippen LogP contribution < -0.4 is 10.2 Å². The minimum absolute atomic E-state index is 0.367. The van der Waals surface area contributed by atoms with Gasteiger partial charge in [-0.05, 0) is 43.3 Å². The van der Waals surface area contributed by atoms with E-state index in [1.54, 1.807) is 31.2 Å². The minimum atomic E-state index is -0.887. The normalized spacial score (nSPS) is 15.2. The van der Waals surface area contributed by atoms with Crippen molar-refractivity contribution in [3.05, 3.63) is 60.2 Å². The van der Waals surface area contributed by atoms with Crippen LogP contribution in [-0.2, 0) is 14.3 Å². The van der Waals surface area contributed by atoms with Crippen LogP contribution in [0.25, 0.3) is 0 Å². The molecule has 1 unspecified atom stereocenters. The molecule has 1 amide bonds. The van der Waals surface area contributed by atoms with Gasteiger partial charge in [-0.25, -0.2) is 4.79 Å². The molecule has 0 aromatic heterocycles. The van der Waals surface area contributed by atoms with Gasteiger partial charge in [0, 0.05) is 24.5 Å². The van der Waals surface area contributed by atoms with Crippen molar-refractivity contribution >= 4 is 23.3 Å². The fourth-order valence-corrected chi connectivity index (χ4v) is 2.68. The summed E-state index contributed by atoms with van der Waals surface area (Å²) in [6, 6.07) is 16.2. The Kier molecular flexibility index (Phi) is 5.86. The Morgan fingerprint density at radius 2 is 1.69 bits per heavy atom. The summed E-state index contributed by atoms with van der Waals surface area (Å²) >= 11 is 0. The van der Waals surface area contributed by atoms with Crippen molar-refractivity contribution in [3.63, 3.8) is 0 Å². The summed E-state index contributed by atoms with van der Waals surface area (Å²) in [6.45, 7) is 4.72. The summed E-state index contributed by atoms with van der Waals surface area (Å²) in [4.78, 5) is 26.5. The van der Waals surface area contributed by atoms with Crippen LogP contribution >= 0.6 is 0 Å². The lowest BCUT2D eigenvalue weighted by molar-refractivity contribution is -0.123. The average Bonchev–Trinajstić information content (AvgIpc) is 2.70. The lowest BCUT2D eigenvalue weighted by Gasteiger charge is -2.28. The molecule has 0 bridgehead atoms. The molecular weight excluding hydrogens is 332 g/mol.